The molecule has 4 aromatic rings. The number of benzene rings is 3. The molecular formula is C26H25N3O3. The van der Waals surface area contributed by atoms with Crippen molar-refractivity contribution >= 4 is 16.9 Å². The molecule has 1 heterocycles. The number of para-hydroxylation sites is 1. The lowest BCUT2D eigenvalue weighted by Crippen LogP contribution is -2.27. The van der Waals surface area contributed by atoms with E-state index in [2.05, 4.69) is 10.3 Å². The Labute approximate surface area is 186 Å². The van der Waals surface area contributed by atoms with Gasteiger partial charge < -0.3 is 14.6 Å². The van der Waals surface area contributed by atoms with Gasteiger partial charge in [0, 0.05) is 12.1 Å². The standard InChI is InChI=1S/C26H25N3O3/c1-18-26(31)29(17-19-8-4-3-5-9-19)23-13-12-21(16-22(23)28-18)25(30)27-15-14-20-10-6-7-11-24(20)32-2/h3-13,16H,14-15,17H2,1-2H3,(H,27,30). The van der Waals surface area contributed by atoms with Crippen molar-refractivity contribution in [2.24, 2.45) is 0 Å². The molecule has 0 unspecified atom stereocenters. The Bertz CT molecular complexity index is 1310. The largest absolute Gasteiger partial charge is 0.496 e. The molecule has 0 aliphatic carbocycles. The molecule has 0 bridgehead atoms. The highest BCUT2D eigenvalue weighted by atomic mass is 16.5. The zero-order chi connectivity index (χ0) is 22.5. The lowest BCUT2D eigenvalue weighted by atomic mass is 10.1. The first-order valence-electron chi connectivity index (χ1n) is 10.5. The van der Waals surface area contributed by atoms with Crippen molar-refractivity contribution in [2.75, 3.05) is 13.7 Å². The zero-order valence-corrected chi connectivity index (χ0v) is 18.2. The molecule has 6 nitrogen and oxygen atoms in total. The Balaban J connectivity index is 1.54. The van der Waals surface area contributed by atoms with Crippen molar-refractivity contribution in [3.05, 3.63) is 106 Å². The molecule has 1 aromatic heterocycles. The summed E-state index contributed by atoms with van der Waals surface area (Å²) < 4.78 is 7.07. The van der Waals surface area contributed by atoms with Gasteiger partial charge in [-0.1, -0.05) is 48.5 Å². The molecule has 0 saturated heterocycles. The molecule has 32 heavy (non-hydrogen) atoms. The molecular weight excluding hydrogens is 402 g/mol. The summed E-state index contributed by atoms with van der Waals surface area (Å²) >= 11 is 0. The SMILES string of the molecule is COc1ccccc1CCNC(=O)c1ccc2c(c1)nc(C)c(=O)n2Cc1ccccc1. The number of aryl methyl sites for hydroxylation is 1. The van der Waals surface area contributed by atoms with Crippen molar-refractivity contribution in [3.63, 3.8) is 0 Å². The second kappa shape index (κ2) is 9.47. The quantitative estimate of drug-likeness (QED) is 0.488. The molecule has 162 valence electrons. The fourth-order valence-electron chi connectivity index (χ4n) is 3.76. The summed E-state index contributed by atoms with van der Waals surface area (Å²) in [5.74, 6) is 0.630. The van der Waals surface area contributed by atoms with Crippen LogP contribution in [-0.2, 0) is 13.0 Å². The summed E-state index contributed by atoms with van der Waals surface area (Å²) in [5, 5.41) is 2.95. The minimum Gasteiger partial charge on any atom is -0.496 e. The molecule has 0 aliphatic rings. The summed E-state index contributed by atoms with van der Waals surface area (Å²) in [7, 11) is 1.64. The molecule has 1 amide bonds. The number of nitrogens with one attached hydrogen (secondary N) is 1. The number of nitrogens with zero attached hydrogens (tertiary/aromatic N) is 2. The molecule has 0 atom stereocenters. The van der Waals surface area contributed by atoms with E-state index < -0.39 is 0 Å². The minimum absolute atomic E-state index is 0.129. The normalized spacial score (nSPS) is 10.8. The average Bonchev–Trinajstić information content (AvgIpc) is 2.82. The molecule has 0 aliphatic heterocycles. The first kappa shape index (κ1) is 21.3. The Morgan fingerprint density at radius 1 is 1.03 bits per heavy atom. The predicted molar refractivity (Wildman–Crippen MR) is 125 cm³/mol. The van der Waals surface area contributed by atoms with Crippen LogP contribution in [-0.4, -0.2) is 29.1 Å². The third-order valence-electron chi connectivity index (χ3n) is 5.43. The molecule has 0 radical (unpaired) electrons. The number of fused-ring (bicyclic) bond motifs is 1. The van der Waals surface area contributed by atoms with Gasteiger partial charge in [0.25, 0.3) is 11.5 Å². The van der Waals surface area contributed by atoms with E-state index in [-0.39, 0.29) is 11.5 Å². The van der Waals surface area contributed by atoms with Crippen LogP contribution in [0.5, 0.6) is 5.75 Å². The van der Waals surface area contributed by atoms with Crippen molar-refractivity contribution < 1.29 is 9.53 Å². The highest BCUT2D eigenvalue weighted by Crippen LogP contribution is 2.18. The molecule has 0 spiro atoms. The lowest BCUT2D eigenvalue weighted by molar-refractivity contribution is 0.0954. The van der Waals surface area contributed by atoms with E-state index in [1.54, 1.807) is 36.8 Å². The smallest absolute Gasteiger partial charge is 0.272 e. The number of rotatable bonds is 7. The minimum atomic E-state index is -0.179. The van der Waals surface area contributed by atoms with E-state index in [4.69, 9.17) is 4.74 Å². The number of methoxy groups -OCH3 is 1. The average molecular weight is 428 g/mol. The number of hydrogen-bond donors (Lipinski definition) is 1. The Morgan fingerprint density at radius 2 is 1.78 bits per heavy atom. The van der Waals surface area contributed by atoms with Crippen molar-refractivity contribution in [3.8, 4) is 5.75 Å². The predicted octanol–water partition coefficient (Wildman–Crippen LogP) is 3.73. The van der Waals surface area contributed by atoms with Gasteiger partial charge in [-0.15, -0.1) is 0 Å². The maximum absolute atomic E-state index is 12.7. The maximum Gasteiger partial charge on any atom is 0.272 e. The van der Waals surface area contributed by atoms with Gasteiger partial charge in [-0.2, -0.15) is 0 Å². The fraction of sp³-hybridized carbons (Fsp3) is 0.192. The second-order valence-corrected chi connectivity index (χ2v) is 7.60. The Hall–Kier alpha value is -3.93. The highest BCUT2D eigenvalue weighted by Gasteiger charge is 2.12. The van der Waals surface area contributed by atoms with E-state index in [1.165, 1.54) is 0 Å². The highest BCUT2D eigenvalue weighted by molar-refractivity contribution is 5.97. The van der Waals surface area contributed by atoms with Crippen LogP contribution in [0.15, 0.2) is 77.6 Å². The van der Waals surface area contributed by atoms with Crippen LogP contribution in [0.4, 0.5) is 0 Å². The molecule has 3 aromatic carbocycles. The molecule has 4 rings (SSSR count). The fourth-order valence-corrected chi connectivity index (χ4v) is 3.76. The number of hydrogen-bond acceptors (Lipinski definition) is 4. The summed E-state index contributed by atoms with van der Waals surface area (Å²) in [6, 6.07) is 22.8. The van der Waals surface area contributed by atoms with Crippen LogP contribution in [0.3, 0.4) is 0 Å². The molecule has 1 N–H and O–H groups in total. The first-order chi connectivity index (χ1) is 15.6. The van der Waals surface area contributed by atoms with Gasteiger partial charge in [-0.3, -0.25) is 9.59 Å². The van der Waals surface area contributed by atoms with Crippen molar-refractivity contribution in [1.82, 2.24) is 14.9 Å². The van der Waals surface area contributed by atoms with Crippen LogP contribution < -0.4 is 15.6 Å². The van der Waals surface area contributed by atoms with Crippen LogP contribution in [0.25, 0.3) is 11.0 Å². The zero-order valence-electron chi connectivity index (χ0n) is 18.2. The van der Waals surface area contributed by atoms with Gasteiger partial charge in [0.05, 0.1) is 24.7 Å². The van der Waals surface area contributed by atoms with E-state index >= 15 is 0 Å². The Morgan fingerprint density at radius 3 is 2.56 bits per heavy atom. The molecule has 0 fully saturated rings. The summed E-state index contributed by atoms with van der Waals surface area (Å²) in [6.07, 6.45) is 0.664. The maximum atomic E-state index is 12.7. The third kappa shape index (κ3) is 4.54. The summed E-state index contributed by atoms with van der Waals surface area (Å²) in [4.78, 5) is 29.9. The molecule has 0 saturated carbocycles. The summed E-state index contributed by atoms with van der Waals surface area (Å²) in [6.45, 7) is 2.63. The number of ether oxygens (including phenoxy) is 1. The Kier molecular flexibility index (Phi) is 6.31. The van der Waals surface area contributed by atoms with Gasteiger partial charge in [-0.05, 0) is 48.7 Å². The van der Waals surface area contributed by atoms with Crippen LogP contribution in [0, 0.1) is 6.92 Å². The first-order valence-corrected chi connectivity index (χ1v) is 10.5. The van der Waals surface area contributed by atoms with Crippen LogP contribution in [0.2, 0.25) is 0 Å². The van der Waals surface area contributed by atoms with Gasteiger partial charge in [0.2, 0.25) is 0 Å². The van der Waals surface area contributed by atoms with Crippen molar-refractivity contribution in [2.45, 2.75) is 19.9 Å². The monoisotopic (exact) mass is 427 g/mol. The molecule has 6 heteroatoms. The van der Waals surface area contributed by atoms with Gasteiger partial charge in [-0.25, -0.2) is 4.98 Å². The topological polar surface area (TPSA) is 73.2 Å². The number of amides is 1. The lowest BCUT2D eigenvalue weighted by Gasteiger charge is -2.13. The van der Waals surface area contributed by atoms with Gasteiger partial charge in [0.1, 0.15) is 11.4 Å². The van der Waals surface area contributed by atoms with Gasteiger partial charge in [0.15, 0.2) is 0 Å². The number of carbonyl (C=O) groups is 1. The van der Waals surface area contributed by atoms with E-state index in [0.29, 0.717) is 41.8 Å². The van der Waals surface area contributed by atoms with E-state index in [9.17, 15) is 9.59 Å². The van der Waals surface area contributed by atoms with E-state index in [0.717, 1.165) is 16.9 Å². The summed E-state index contributed by atoms with van der Waals surface area (Å²) in [5.41, 5.74) is 4.17. The van der Waals surface area contributed by atoms with Crippen LogP contribution in [0.1, 0.15) is 27.2 Å². The van der Waals surface area contributed by atoms with Crippen molar-refractivity contribution in [1.29, 1.82) is 0 Å². The van der Waals surface area contributed by atoms with Gasteiger partial charge >= 0.3 is 0 Å². The number of carbonyl (C=O) groups excluding carboxylic acids is 1. The number of aromatic nitrogens is 2. The second-order valence-electron chi connectivity index (χ2n) is 7.60. The van der Waals surface area contributed by atoms with E-state index in [1.807, 2.05) is 54.6 Å². The third-order valence-corrected chi connectivity index (χ3v) is 5.43. The van der Waals surface area contributed by atoms with Crippen LogP contribution >= 0.6 is 0 Å².